The van der Waals surface area contributed by atoms with Crippen LogP contribution in [0.1, 0.15) is 48.5 Å². The maximum atomic E-state index is 14.3. The Morgan fingerprint density at radius 3 is 1.45 bits per heavy atom. The van der Waals surface area contributed by atoms with Crippen LogP contribution in [0.25, 0.3) is 22.5 Å². The summed E-state index contributed by atoms with van der Waals surface area (Å²) in [5.41, 5.74) is 2.22. The van der Waals surface area contributed by atoms with Gasteiger partial charge < -0.3 is 14.8 Å². The number of aromatic nitrogens is 6. The molecule has 29 heteroatoms. The van der Waals surface area contributed by atoms with E-state index in [0.717, 1.165) is 77.6 Å². The largest absolute Gasteiger partial charge is 0.495 e. The molecule has 0 spiro atoms. The number of hydrogen-bond donors (Lipinski definition) is 1. The van der Waals surface area contributed by atoms with E-state index in [4.69, 9.17) is 20.2 Å². The molecule has 0 radical (unpaired) electrons. The first kappa shape index (κ1) is 59.5. The number of pyridine rings is 2. The summed E-state index contributed by atoms with van der Waals surface area (Å²) in [7, 11) is -0.192. The smallest absolute Gasteiger partial charge is 0.451 e. The molecule has 0 aliphatic carbocycles. The minimum Gasteiger partial charge on any atom is -0.495 e. The van der Waals surface area contributed by atoms with Crippen molar-refractivity contribution in [3.63, 3.8) is 0 Å². The predicted octanol–water partition coefficient (Wildman–Crippen LogP) is 8.53. The van der Waals surface area contributed by atoms with Crippen LogP contribution >= 0.6 is 10.7 Å². The minimum absolute atomic E-state index is 0.0525. The highest BCUT2D eigenvalue weighted by Gasteiger charge is 2.44. The van der Waals surface area contributed by atoms with Crippen molar-refractivity contribution in [1.29, 1.82) is 0 Å². The second-order valence-electron chi connectivity index (χ2n) is 16.8. The van der Waals surface area contributed by atoms with Gasteiger partial charge in [-0.1, -0.05) is 0 Å². The van der Waals surface area contributed by atoms with Crippen molar-refractivity contribution < 1.29 is 79.8 Å². The Balaban J connectivity index is 0.000000214. The first-order valence-electron chi connectivity index (χ1n) is 22.6. The molecule has 412 valence electrons. The molecule has 1 N–H and O–H groups in total. The van der Waals surface area contributed by atoms with Crippen LogP contribution in [0.4, 0.5) is 43.9 Å². The Hall–Kier alpha value is -6.75. The van der Waals surface area contributed by atoms with Crippen molar-refractivity contribution in [3.05, 3.63) is 132 Å². The first-order valence-corrected chi connectivity index (χ1v) is 26.3. The molecule has 2 fully saturated rings. The quantitative estimate of drug-likeness (QED) is 0.0754. The second-order valence-corrected chi connectivity index (χ2v) is 21.3. The zero-order valence-corrected chi connectivity index (χ0v) is 42.5. The molecular weight excluding hydrogens is 1110 g/mol. The number of Topliss-reactive ketones (excluding diaryl/α,β-unsaturated/α-hetero) is 2. The lowest BCUT2D eigenvalue weighted by molar-refractivity contribution is -0.145. The molecule has 0 saturated carbocycles. The fourth-order valence-corrected chi connectivity index (χ4v) is 10.1. The predicted molar refractivity (Wildman–Crippen MR) is 255 cm³/mol. The number of ether oxygens (including phenoxy) is 2. The average Bonchev–Trinajstić information content (AvgIpc) is 4.04. The lowest BCUT2D eigenvalue weighted by Crippen LogP contribution is -2.40. The zero-order valence-electron chi connectivity index (χ0n) is 40.1. The summed E-state index contributed by atoms with van der Waals surface area (Å²) in [6, 6.07) is 9.68. The van der Waals surface area contributed by atoms with Gasteiger partial charge in [-0.2, -0.15) is 30.6 Å². The molecule has 8 rings (SSSR count). The van der Waals surface area contributed by atoms with Crippen molar-refractivity contribution in [2.75, 3.05) is 27.3 Å². The zero-order chi connectivity index (χ0) is 56.5. The summed E-state index contributed by atoms with van der Waals surface area (Å²) in [5, 5.41) is 2.85. The number of aryl methyl sites for hydroxylation is 2. The molecule has 4 aromatic heterocycles. The highest BCUT2D eigenvalue weighted by Crippen LogP contribution is 2.33. The number of halogens is 11. The highest BCUT2D eigenvalue weighted by molar-refractivity contribution is 8.13. The summed E-state index contributed by atoms with van der Waals surface area (Å²) in [6.07, 6.45) is -4.89. The van der Waals surface area contributed by atoms with Crippen LogP contribution in [0.5, 0.6) is 11.5 Å². The molecule has 16 nitrogen and oxygen atoms in total. The molecule has 0 unspecified atom stereocenters. The van der Waals surface area contributed by atoms with Crippen molar-refractivity contribution in [3.8, 4) is 34.0 Å². The Morgan fingerprint density at radius 1 is 0.636 bits per heavy atom. The normalized spacial score (nSPS) is 17.9. The second kappa shape index (κ2) is 25.2. The molecule has 77 heavy (non-hydrogen) atoms. The third kappa shape index (κ3) is 15.9. The maximum Gasteiger partial charge on any atom is 0.451 e. The highest BCUT2D eigenvalue weighted by atomic mass is 35.7. The van der Waals surface area contributed by atoms with Gasteiger partial charge in [-0.05, 0) is 84.6 Å². The van der Waals surface area contributed by atoms with Crippen LogP contribution in [0.2, 0.25) is 0 Å². The van der Waals surface area contributed by atoms with Gasteiger partial charge in [0.1, 0.15) is 41.3 Å². The van der Waals surface area contributed by atoms with E-state index in [0.29, 0.717) is 40.3 Å². The van der Waals surface area contributed by atoms with Gasteiger partial charge in [0.2, 0.25) is 21.7 Å². The van der Waals surface area contributed by atoms with Crippen molar-refractivity contribution in [2.24, 2.45) is 0 Å². The van der Waals surface area contributed by atoms with E-state index in [9.17, 15) is 70.3 Å². The number of alkyl halides is 8. The number of carbonyl (C=O) groups excluding carboxylic acids is 2. The molecule has 0 amide bonds. The molecule has 6 aromatic rings. The number of carbonyl (C=O) groups is 2. The fraction of sp³-hybridized carbons (Fsp3) is 0.333. The Kier molecular flexibility index (Phi) is 19.4. The van der Waals surface area contributed by atoms with E-state index in [1.807, 2.05) is 0 Å². The number of ketones is 2. The summed E-state index contributed by atoms with van der Waals surface area (Å²) in [4.78, 5) is 46.5. The van der Waals surface area contributed by atoms with E-state index in [1.165, 1.54) is 32.7 Å². The lowest BCUT2D eigenvalue weighted by Gasteiger charge is -2.23. The average molecular weight is 1150 g/mol. The number of rotatable bonds is 15. The monoisotopic (exact) mass is 1150 g/mol. The fourth-order valence-electron chi connectivity index (χ4n) is 7.70. The summed E-state index contributed by atoms with van der Waals surface area (Å²) >= 11 is 0. The van der Waals surface area contributed by atoms with Gasteiger partial charge in [-0.25, -0.2) is 54.3 Å². The molecular formula is C48H43ClF10N8O8S2. The van der Waals surface area contributed by atoms with E-state index >= 15 is 0 Å². The van der Waals surface area contributed by atoms with Crippen LogP contribution < -0.4 is 14.8 Å². The standard InChI is InChI=1S/C24H21F5N4O4S.C18H18F4N4O2.C6H4ClFO2S/c1-37-22-12-30-19(15-10-31-23(32-11-15)24(27,28)29)8-14(22)2-7-21(34)20-9-17(26)13-33(20)38(35,36)18-5-3-16(25)4-6-18;1-28-16-9-24-13(11-6-25-17(26-7-11)18(20,21)22)4-10(16)2-3-15(27)14-5-12(19)8-23-14;7-11(9,10)6-3-1-5(8)2-4-6/h3-6,8,10-12,17,20H,2,7,9,13H2,1H3;4,6-7,9,12,14,23H,2-3,5,8H2,1H3;1-4H/t17-,20+;12-,14+;/m11./s1. The van der Waals surface area contributed by atoms with Gasteiger partial charge >= 0.3 is 12.4 Å². The van der Waals surface area contributed by atoms with E-state index < -0.39 is 91.5 Å². The van der Waals surface area contributed by atoms with Gasteiger partial charge in [0, 0.05) is 85.4 Å². The molecule has 2 aliphatic heterocycles. The van der Waals surface area contributed by atoms with Crippen LogP contribution in [0.15, 0.2) is 108 Å². The maximum absolute atomic E-state index is 14.3. The Bertz CT molecular complexity index is 3240. The number of methoxy groups -OCH3 is 2. The molecule has 0 bridgehead atoms. The number of hydrogen-bond acceptors (Lipinski definition) is 15. The van der Waals surface area contributed by atoms with E-state index in [2.05, 4.69) is 35.2 Å². The third-order valence-electron chi connectivity index (χ3n) is 11.6. The SMILES string of the molecule is COc1cnc(-c2cnc(C(F)(F)F)nc2)cc1CCC(=O)[C@@H]1C[C@@H](F)CN1.COc1cnc(-c2cnc(C(F)(F)F)nc2)cc1CCC(=O)[C@@H]1C[C@@H](F)CN1S(=O)(=O)c1ccc(F)cc1.O=S(=O)(Cl)c1ccc(F)cc1. The lowest BCUT2D eigenvalue weighted by atomic mass is 10.0. The van der Waals surface area contributed by atoms with Crippen molar-refractivity contribution in [1.82, 2.24) is 39.5 Å². The minimum atomic E-state index is -4.70. The summed E-state index contributed by atoms with van der Waals surface area (Å²) in [5.74, 6) is -3.56. The number of nitrogens with zero attached hydrogens (tertiary/aromatic N) is 7. The van der Waals surface area contributed by atoms with Crippen LogP contribution in [0.3, 0.4) is 0 Å². The van der Waals surface area contributed by atoms with E-state index in [1.54, 1.807) is 6.07 Å². The van der Waals surface area contributed by atoms with Gasteiger partial charge in [-0.3, -0.25) is 19.6 Å². The first-order chi connectivity index (χ1) is 36.2. The van der Waals surface area contributed by atoms with Crippen molar-refractivity contribution >= 4 is 41.3 Å². The molecule has 4 atom stereocenters. The van der Waals surface area contributed by atoms with E-state index in [-0.39, 0.29) is 65.5 Å². The third-order valence-corrected chi connectivity index (χ3v) is 14.8. The molecule has 6 heterocycles. The summed E-state index contributed by atoms with van der Waals surface area (Å²) in [6.45, 7) is -0.334. The van der Waals surface area contributed by atoms with Crippen LogP contribution in [-0.2, 0) is 53.9 Å². The van der Waals surface area contributed by atoms with Gasteiger partial charge in [0.25, 0.3) is 9.05 Å². The Morgan fingerprint density at radius 2 is 1.06 bits per heavy atom. The summed E-state index contributed by atoms with van der Waals surface area (Å²) < 4.78 is 188. The van der Waals surface area contributed by atoms with Crippen LogP contribution in [-0.4, -0.2) is 114 Å². The number of nitrogens with one attached hydrogen (secondary N) is 1. The van der Waals surface area contributed by atoms with Gasteiger partial charge in [0.05, 0.1) is 59.9 Å². The molecule has 2 aliphatic rings. The molecule has 2 aromatic carbocycles. The van der Waals surface area contributed by atoms with Gasteiger partial charge in [-0.15, -0.1) is 0 Å². The Labute approximate surface area is 437 Å². The number of sulfonamides is 1. The number of benzene rings is 2. The topological polar surface area (TPSA) is 213 Å². The molecule has 2 saturated heterocycles. The van der Waals surface area contributed by atoms with Crippen molar-refractivity contribution in [2.45, 2.75) is 85.1 Å². The van der Waals surface area contributed by atoms with Crippen LogP contribution in [0, 0.1) is 11.6 Å². The van der Waals surface area contributed by atoms with Gasteiger partial charge in [0.15, 0.2) is 5.78 Å².